The van der Waals surface area contributed by atoms with Crippen molar-refractivity contribution >= 4 is 27.3 Å². The maximum atomic E-state index is 14.3. The highest BCUT2D eigenvalue weighted by Crippen LogP contribution is 2.31. The first-order valence-electron chi connectivity index (χ1n) is 7.43. The van der Waals surface area contributed by atoms with Gasteiger partial charge in [-0.3, -0.25) is 4.99 Å². The molecule has 2 aromatic rings. The molecule has 1 heterocycles. The van der Waals surface area contributed by atoms with Crippen molar-refractivity contribution < 1.29 is 9.13 Å². The van der Waals surface area contributed by atoms with Crippen LogP contribution in [0.3, 0.4) is 0 Å². The zero-order valence-corrected chi connectivity index (χ0v) is 14.7. The third-order valence-electron chi connectivity index (χ3n) is 4.09. The van der Waals surface area contributed by atoms with Gasteiger partial charge in [-0.1, -0.05) is 28.1 Å². The number of aliphatic imine (C=N–C) groups is 1. The molecule has 5 heteroatoms. The Bertz CT molecular complexity index is 748. The van der Waals surface area contributed by atoms with Crippen LogP contribution in [0.5, 0.6) is 0 Å². The van der Waals surface area contributed by atoms with Gasteiger partial charge >= 0.3 is 0 Å². The molecule has 0 fully saturated rings. The van der Waals surface area contributed by atoms with Gasteiger partial charge in [0.1, 0.15) is 5.82 Å². The Hall–Kier alpha value is -1.72. The van der Waals surface area contributed by atoms with Crippen molar-refractivity contribution in [2.45, 2.75) is 6.04 Å². The lowest BCUT2D eigenvalue weighted by atomic mass is 10.00. The lowest BCUT2D eigenvalue weighted by Gasteiger charge is -2.28. The van der Waals surface area contributed by atoms with E-state index in [4.69, 9.17) is 9.73 Å². The van der Waals surface area contributed by atoms with Gasteiger partial charge in [0.05, 0.1) is 24.9 Å². The van der Waals surface area contributed by atoms with Gasteiger partial charge < -0.3 is 9.64 Å². The molecule has 0 amide bonds. The van der Waals surface area contributed by atoms with E-state index in [-0.39, 0.29) is 11.9 Å². The number of benzodiazepines with no additional fused rings is 1. The summed E-state index contributed by atoms with van der Waals surface area (Å²) in [6.45, 7) is 1.13. The summed E-state index contributed by atoms with van der Waals surface area (Å²) in [5.41, 5.74) is 3.16. The van der Waals surface area contributed by atoms with E-state index < -0.39 is 0 Å². The van der Waals surface area contributed by atoms with Gasteiger partial charge in [0.25, 0.3) is 0 Å². The first kappa shape index (κ1) is 16.1. The topological polar surface area (TPSA) is 24.8 Å². The molecule has 0 saturated carbocycles. The number of likely N-dealkylation sites (N-methyl/N-ethyl adjacent to an activating group) is 1. The molecular formula is C18H18BrFN2O. The van der Waals surface area contributed by atoms with Crippen LogP contribution in [0.25, 0.3) is 0 Å². The van der Waals surface area contributed by atoms with E-state index in [2.05, 4.69) is 20.8 Å². The molecule has 0 bridgehead atoms. The smallest absolute Gasteiger partial charge is 0.132 e. The predicted octanol–water partition coefficient (Wildman–Crippen LogP) is 3.89. The quantitative estimate of drug-likeness (QED) is 0.811. The van der Waals surface area contributed by atoms with Crippen molar-refractivity contribution in [3.05, 3.63) is 63.9 Å². The average Bonchev–Trinajstić information content (AvgIpc) is 2.67. The second-order valence-electron chi connectivity index (χ2n) is 5.55. The Morgan fingerprint density at radius 1 is 1.26 bits per heavy atom. The Morgan fingerprint density at radius 3 is 2.78 bits per heavy atom. The number of nitrogens with zero attached hydrogens (tertiary/aromatic N) is 2. The molecule has 0 saturated heterocycles. The summed E-state index contributed by atoms with van der Waals surface area (Å²) in [6.07, 6.45) is 0. The monoisotopic (exact) mass is 376 g/mol. The Labute approximate surface area is 143 Å². The Morgan fingerprint density at radius 2 is 2.04 bits per heavy atom. The summed E-state index contributed by atoms with van der Waals surface area (Å²) < 4.78 is 20.6. The minimum absolute atomic E-state index is 0.115. The molecule has 2 aromatic carbocycles. The standard InChI is InChI=1S/C18H18BrFN2O/c1-22-13(11-23-2)10-21-18(14-5-3-4-6-16(14)20)15-9-12(19)7-8-17(15)22/h3-9,13H,10-11H2,1-2H3. The van der Waals surface area contributed by atoms with E-state index >= 15 is 0 Å². The number of halogens is 2. The van der Waals surface area contributed by atoms with Gasteiger partial charge in [0.2, 0.25) is 0 Å². The Kier molecular flexibility index (Phi) is 4.78. The molecule has 1 unspecified atom stereocenters. The normalized spacial score (nSPS) is 17.5. The van der Waals surface area contributed by atoms with Gasteiger partial charge in [-0.25, -0.2) is 4.39 Å². The molecule has 0 aliphatic carbocycles. The van der Waals surface area contributed by atoms with Crippen molar-refractivity contribution in [3.63, 3.8) is 0 Å². The molecule has 1 aliphatic heterocycles. The molecule has 23 heavy (non-hydrogen) atoms. The van der Waals surface area contributed by atoms with E-state index in [1.807, 2.05) is 31.3 Å². The number of methoxy groups -OCH3 is 1. The molecule has 0 aromatic heterocycles. The number of ether oxygens (including phenoxy) is 1. The molecule has 0 radical (unpaired) electrons. The SMILES string of the molecule is COCC1CN=C(c2ccccc2F)c2cc(Br)ccc2N1C. The third kappa shape index (κ3) is 3.16. The largest absolute Gasteiger partial charge is 0.382 e. The molecule has 3 nitrogen and oxygen atoms in total. The maximum Gasteiger partial charge on any atom is 0.132 e. The Balaban J connectivity index is 2.18. The molecule has 1 aliphatic rings. The van der Waals surface area contributed by atoms with Crippen LogP contribution >= 0.6 is 15.9 Å². The highest BCUT2D eigenvalue weighted by Gasteiger charge is 2.25. The van der Waals surface area contributed by atoms with E-state index in [0.29, 0.717) is 24.4 Å². The highest BCUT2D eigenvalue weighted by atomic mass is 79.9. The second-order valence-corrected chi connectivity index (χ2v) is 6.47. The third-order valence-corrected chi connectivity index (χ3v) is 4.58. The fourth-order valence-electron chi connectivity index (χ4n) is 2.85. The van der Waals surface area contributed by atoms with Gasteiger partial charge in [-0.2, -0.15) is 0 Å². The van der Waals surface area contributed by atoms with E-state index in [0.717, 1.165) is 15.7 Å². The minimum Gasteiger partial charge on any atom is -0.382 e. The van der Waals surface area contributed by atoms with Crippen LogP contribution < -0.4 is 4.90 Å². The van der Waals surface area contributed by atoms with Gasteiger partial charge in [0.15, 0.2) is 0 Å². The van der Waals surface area contributed by atoms with Gasteiger partial charge in [-0.05, 0) is 30.3 Å². The number of hydrogen-bond acceptors (Lipinski definition) is 3. The minimum atomic E-state index is -0.259. The summed E-state index contributed by atoms with van der Waals surface area (Å²) in [4.78, 5) is 6.88. The van der Waals surface area contributed by atoms with Crippen LogP contribution in [0.1, 0.15) is 11.1 Å². The van der Waals surface area contributed by atoms with Crippen molar-refractivity contribution in [2.24, 2.45) is 4.99 Å². The first-order chi connectivity index (χ1) is 11.1. The van der Waals surface area contributed by atoms with Crippen molar-refractivity contribution in [1.82, 2.24) is 0 Å². The molecule has 1 atom stereocenters. The first-order valence-corrected chi connectivity index (χ1v) is 8.22. The van der Waals surface area contributed by atoms with Crippen molar-refractivity contribution in [2.75, 3.05) is 32.2 Å². The lowest BCUT2D eigenvalue weighted by molar-refractivity contribution is 0.180. The lowest BCUT2D eigenvalue weighted by Crippen LogP contribution is -2.37. The van der Waals surface area contributed by atoms with E-state index in [1.54, 1.807) is 19.2 Å². The summed E-state index contributed by atoms with van der Waals surface area (Å²) >= 11 is 3.51. The summed E-state index contributed by atoms with van der Waals surface area (Å²) in [7, 11) is 3.71. The highest BCUT2D eigenvalue weighted by molar-refractivity contribution is 9.10. The van der Waals surface area contributed by atoms with Crippen LogP contribution in [-0.2, 0) is 4.74 Å². The van der Waals surface area contributed by atoms with Crippen LogP contribution in [0.2, 0.25) is 0 Å². The number of fused-ring (bicyclic) bond motifs is 1. The zero-order chi connectivity index (χ0) is 16.4. The van der Waals surface area contributed by atoms with Gasteiger partial charge in [0, 0.05) is 35.4 Å². The van der Waals surface area contributed by atoms with Crippen LogP contribution in [0.4, 0.5) is 10.1 Å². The predicted molar refractivity (Wildman–Crippen MR) is 95.1 cm³/mol. The number of anilines is 1. The van der Waals surface area contributed by atoms with Gasteiger partial charge in [-0.15, -0.1) is 0 Å². The molecular weight excluding hydrogens is 359 g/mol. The molecule has 0 spiro atoms. The number of benzene rings is 2. The van der Waals surface area contributed by atoms with E-state index in [9.17, 15) is 4.39 Å². The second kappa shape index (κ2) is 6.81. The summed E-state index contributed by atoms with van der Waals surface area (Å²) in [6, 6.07) is 12.9. The van der Waals surface area contributed by atoms with Crippen LogP contribution in [0, 0.1) is 5.82 Å². The number of hydrogen-bond donors (Lipinski definition) is 0. The fourth-order valence-corrected chi connectivity index (χ4v) is 3.21. The summed E-state index contributed by atoms with van der Waals surface area (Å²) in [5.74, 6) is -0.259. The fraction of sp³-hybridized carbons (Fsp3) is 0.278. The van der Waals surface area contributed by atoms with Crippen molar-refractivity contribution in [3.8, 4) is 0 Å². The number of rotatable bonds is 3. The maximum absolute atomic E-state index is 14.3. The summed E-state index contributed by atoms with van der Waals surface area (Å²) in [5, 5.41) is 0. The van der Waals surface area contributed by atoms with E-state index in [1.165, 1.54) is 6.07 Å². The zero-order valence-electron chi connectivity index (χ0n) is 13.1. The van der Waals surface area contributed by atoms with Crippen LogP contribution in [-0.4, -0.2) is 39.1 Å². The molecule has 120 valence electrons. The van der Waals surface area contributed by atoms with Crippen LogP contribution in [0.15, 0.2) is 51.9 Å². The molecule has 0 N–H and O–H groups in total. The molecule has 3 rings (SSSR count). The average molecular weight is 377 g/mol. The van der Waals surface area contributed by atoms with Crippen molar-refractivity contribution in [1.29, 1.82) is 0 Å².